The van der Waals surface area contributed by atoms with E-state index in [-0.39, 0.29) is 11.7 Å². The minimum Gasteiger partial charge on any atom is -0.322 e. The number of carbonyl (C=O) groups excluding carboxylic acids is 1. The zero-order chi connectivity index (χ0) is 18.7. The number of hydrogen-bond acceptors (Lipinski definition) is 3. The molecule has 1 fully saturated rings. The zero-order valence-electron chi connectivity index (χ0n) is 15.2. The molecule has 1 amide bonds. The van der Waals surface area contributed by atoms with E-state index in [4.69, 9.17) is 0 Å². The summed E-state index contributed by atoms with van der Waals surface area (Å²) >= 11 is 0. The maximum atomic E-state index is 12.4. The molecular formula is C20H24N2O3S. The van der Waals surface area contributed by atoms with Gasteiger partial charge in [0, 0.05) is 24.3 Å². The van der Waals surface area contributed by atoms with Crippen LogP contribution in [0.25, 0.3) is 0 Å². The van der Waals surface area contributed by atoms with E-state index >= 15 is 0 Å². The molecule has 1 heterocycles. The van der Waals surface area contributed by atoms with E-state index in [1.807, 2.05) is 32.0 Å². The number of aryl methyl sites for hydroxylation is 2. The molecule has 138 valence electrons. The van der Waals surface area contributed by atoms with Crippen molar-refractivity contribution >= 4 is 21.6 Å². The third kappa shape index (κ3) is 4.31. The highest BCUT2D eigenvalue weighted by Gasteiger charge is 2.25. The third-order valence-corrected chi connectivity index (χ3v) is 6.50. The predicted molar refractivity (Wildman–Crippen MR) is 104 cm³/mol. The van der Waals surface area contributed by atoms with Crippen LogP contribution in [-0.4, -0.2) is 31.7 Å². The molecule has 5 nitrogen and oxygen atoms in total. The lowest BCUT2D eigenvalue weighted by Crippen LogP contribution is -2.29. The van der Waals surface area contributed by atoms with Gasteiger partial charge in [-0.25, -0.2) is 12.7 Å². The van der Waals surface area contributed by atoms with Crippen LogP contribution in [0, 0.1) is 13.8 Å². The summed E-state index contributed by atoms with van der Waals surface area (Å²) in [7, 11) is -3.27. The minimum absolute atomic E-state index is 0.0219. The van der Waals surface area contributed by atoms with Crippen molar-refractivity contribution in [2.24, 2.45) is 0 Å². The summed E-state index contributed by atoms with van der Waals surface area (Å²) in [5.74, 6) is -0.225. The van der Waals surface area contributed by atoms with E-state index in [1.54, 1.807) is 28.6 Å². The molecule has 3 rings (SSSR count). The van der Waals surface area contributed by atoms with E-state index in [1.165, 1.54) is 0 Å². The highest BCUT2D eigenvalue weighted by Crippen LogP contribution is 2.19. The number of amides is 1. The van der Waals surface area contributed by atoms with E-state index in [0.717, 1.165) is 29.7 Å². The summed E-state index contributed by atoms with van der Waals surface area (Å²) in [6, 6.07) is 12.6. The molecular weight excluding hydrogens is 348 g/mol. The smallest absolute Gasteiger partial charge is 0.255 e. The van der Waals surface area contributed by atoms with E-state index in [2.05, 4.69) is 5.32 Å². The number of anilines is 1. The van der Waals surface area contributed by atoms with Crippen molar-refractivity contribution in [1.82, 2.24) is 4.31 Å². The van der Waals surface area contributed by atoms with Gasteiger partial charge in [0.15, 0.2) is 0 Å². The summed E-state index contributed by atoms with van der Waals surface area (Å²) in [6.07, 6.45) is 1.85. The molecule has 0 saturated carbocycles. The molecule has 0 aromatic heterocycles. The largest absolute Gasteiger partial charge is 0.322 e. The van der Waals surface area contributed by atoms with Gasteiger partial charge < -0.3 is 5.32 Å². The maximum absolute atomic E-state index is 12.4. The fourth-order valence-electron chi connectivity index (χ4n) is 3.17. The number of nitrogens with zero attached hydrogens (tertiary/aromatic N) is 1. The van der Waals surface area contributed by atoms with Gasteiger partial charge in [-0.3, -0.25) is 4.79 Å². The van der Waals surface area contributed by atoms with Crippen LogP contribution in [0.5, 0.6) is 0 Å². The van der Waals surface area contributed by atoms with Crippen LogP contribution >= 0.6 is 0 Å². The first-order valence-electron chi connectivity index (χ1n) is 8.80. The number of hydrogen-bond donors (Lipinski definition) is 1. The molecule has 0 aliphatic carbocycles. The first-order valence-corrected chi connectivity index (χ1v) is 10.4. The summed E-state index contributed by atoms with van der Waals surface area (Å²) < 4.78 is 26.3. The average molecular weight is 372 g/mol. The summed E-state index contributed by atoms with van der Waals surface area (Å²) in [5, 5.41) is 2.90. The summed E-state index contributed by atoms with van der Waals surface area (Å²) in [6.45, 7) is 5.18. The third-order valence-electron chi connectivity index (χ3n) is 4.65. The van der Waals surface area contributed by atoms with Crippen LogP contribution < -0.4 is 5.32 Å². The van der Waals surface area contributed by atoms with Crippen molar-refractivity contribution in [3.05, 3.63) is 64.7 Å². The van der Waals surface area contributed by atoms with Gasteiger partial charge in [-0.15, -0.1) is 0 Å². The topological polar surface area (TPSA) is 66.5 Å². The molecule has 0 spiro atoms. The molecule has 1 saturated heterocycles. The van der Waals surface area contributed by atoms with Crippen LogP contribution in [-0.2, 0) is 15.8 Å². The van der Waals surface area contributed by atoms with E-state index in [9.17, 15) is 13.2 Å². The summed E-state index contributed by atoms with van der Waals surface area (Å²) in [5.41, 5.74) is 4.13. The highest BCUT2D eigenvalue weighted by molar-refractivity contribution is 7.88. The lowest BCUT2D eigenvalue weighted by molar-refractivity contribution is 0.102. The second-order valence-electron chi connectivity index (χ2n) is 6.83. The molecule has 1 aliphatic rings. The number of benzene rings is 2. The Morgan fingerprint density at radius 3 is 2.31 bits per heavy atom. The standard InChI is InChI=1S/C20H24N2O3S/c1-15-5-10-19(16(2)13-15)21-20(23)18-8-6-17(7-9-18)14-26(24,25)22-11-3-4-12-22/h5-10,13H,3-4,11-12,14H2,1-2H3,(H,21,23). The van der Waals surface area contributed by atoms with Gasteiger partial charge in [0.25, 0.3) is 5.91 Å². The zero-order valence-corrected chi connectivity index (χ0v) is 16.0. The molecule has 1 N–H and O–H groups in total. The molecule has 0 bridgehead atoms. The van der Waals surface area contributed by atoms with Gasteiger partial charge in [-0.2, -0.15) is 0 Å². The first kappa shape index (κ1) is 18.6. The van der Waals surface area contributed by atoms with Crippen LogP contribution in [0.4, 0.5) is 5.69 Å². The van der Waals surface area contributed by atoms with Gasteiger partial charge >= 0.3 is 0 Å². The molecule has 26 heavy (non-hydrogen) atoms. The number of sulfonamides is 1. The second kappa shape index (κ2) is 7.60. The number of nitrogens with one attached hydrogen (secondary N) is 1. The lowest BCUT2D eigenvalue weighted by Gasteiger charge is -2.15. The van der Waals surface area contributed by atoms with Crippen molar-refractivity contribution in [3.8, 4) is 0 Å². The van der Waals surface area contributed by atoms with Gasteiger partial charge in [-0.1, -0.05) is 29.8 Å². The summed E-state index contributed by atoms with van der Waals surface area (Å²) in [4.78, 5) is 12.4. The van der Waals surface area contributed by atoms with Gasteiger partial charge in [-0.05, 0) is 56.0 Å². The Labute approximate surface area is 155 Å². The van der Waals surface area contributed by atoms with Crippen molar-refractivity contribution < 1.29 is 13.2 Å². The van der Waals surface area contributed by atoms with Crippen molar-refractivity contribution in [2.45, 2.75) is 32.4 Å². The molecule has 0 unspecified atom stereocenters. The Kier molecular flexibility index (Phi) is 5.44. The van der Waals surface area contributed by atoms with Crippen molar-refractivity contribution in [1.29, 1.82) is 0 Å². The van der Waals surface area contributed by atoms with E-state index in [0.29, 0.717) is 24.2 Å². The van der Waals surface area contributed by atoms with Crippen LogP contribution in [0.2, 0.25) is 0 Å². The Morgan fingerprint density at radius 1 is 1.04 bits per heavy atom. The molecule has 2 aromatic carbocycles. The molecule has 0 atom stereocenters. The number of rotatable bonds is 5. The fourth-order valence-corrected chi connectivity index (χ4v) is 4.78. The molecule has 0 radical (unpaired) electrons. The average Bonchev–Trinajstić information content (AvgIpc) is 3.13. The van der Waals surface area contributed by atoms with E-state index < -0.39 is 10.0 Å². The Morgan fingerprint density at radius 2 is 1.69 bits per heavy atom. The molecule has 6 heteroatoms. The van der Waals surface area contributed by atoms with Crippen molar-refractivity contribution in [3.63, 3.8) is 0 Å². The van der Waals surface area contributed by atoms with Crippen LogP contribution in [0.3, 0.4) is 0 Å². The molecule has 2 aromatic rings. The van der Waals surface area contributed by atoms with Crippen LogP contribution in [0.15, 0.2) is 42.5 Å². The first-order chi connectivity index (χ1) is 12.3. The molecule has 1 aliphatic heterocycles. The highest BCUT2D eigenvalue weighted by atomic mass is 32.2. The predicted octanol–water partition coefficient (Wildman–Crippen LogP) is 3.48. The Hall–Kier alpha value is -2.18. The Balaban J connectivity index is 1.68. The second-order valence-corrected chi connectivity index (χ2v) is 8.80. The maximum Gasteiger partial charge on any atom is 0.255 e. The quantitative estimate of drug-likeness (QED) is 0.874. The van der Waals surface area contributed by atoms with Gasteiger partial charge in [0.05, 0.1) is 5.75 Å². The van der Waals surface area contributed by atoms with Crippen LogP contribution in [0.1, 0.15) is 39.9 Å². The minimum atomic E-state index is -3.27. The lowest BCUT2D eigenvalue weighted by atomic mass is 10.1. The van der Waals surface area contributed by atoms with Gasteiger partial charge in [0.1, 0.15) is 0 Å². The van der Waals surface area contributed by atoms with Gasteiger partial charge in [0.2, 0.25) is 10.0 Å². The number of carbonyl (C=O) groups is 1. The SMILES string of the molecule is Cc1ccc(NC(=O)c2ccc(CS(=O)(=O)N3CCCC3)cc2)c(C)c1. The monoisotopic (exact) mass is 372 g/mol. The Bertz CT molecular complexity index is 899. The van der Waals surface area contributed by atoms with Crippen molar-refractivity contribution in [2.75, 3.05) is 18.4 Å². The fraction of sp³-hybridized carbons (Fsp3) is 0.350. The normalized spacial score (nSPS) is 15.2.